The number of benzene rings is 2. The maximum atomic E-state index is 13.3. The summed E-state index contributed by atoms with van der Waals surface area (Å²) in [6.07, 6.45) is -1.15. The zero-order chi connectivity index (χ0) is 26.7. The van der Waals surface area contributed by atoms with E-state index >= 15 is 0 Å². The van der Waals surface area contributed by atoms with E-state index in [1.807, 2.05) is 13.0 Å². The van der Waals surface area contributed by atoms with Crippen molar-refractivity contribution in [3.63, 3.8) is 0 Å². The van der Waals surface area contributed by atoms with E-state index in [1.54, 1.807) is 36.1 Å². The van der Waals surface area contributed by atoms with Crippen LogP contribution in [0.4, 0.5) is 13.2 Å². The largest absolute Gasteiger partial charge is 0.478 e. The SMILES string of the molecule is CCCc1cc(C(F)(F)F)ccc1-n1nccc1CC(NC)c1ccc(OC(C)(C)C(=O)O)c(Cl)c1. The Morgan fingerprint density at radius 2 is 1.92 bits per heavy atom. The third-order valence-corrected chi connectivity index (χ3v) is 6.17. The fourth-order valence-corrected chi connectivity index (χ4v) is 4.10. The molecule has 0 fully saturated rings. The molecule has 0 spiro atoms. The standard InChI is InChI=1S/C26H29ClF3N3O3/c1-5-6-17-13-18(26(28,29)30)8-9-22(17)33-19(11-12-32-33)15-21(31-4)16-7-10-23(20(27)14-16)36-25(2,3)24(34)35/h7-14,21,31H,5-6,15H2,1-4H3,(H,34,35). The molecule has 2 aromatic carbocycles. The fourth-order valence-electron chi connectivity index (χ4n) is 3.87. The number of aromatic nitrogens is 2. The Morgan fingerprint density at radius 3 is 2.50 bits per heavy atom. The van der Waals surface area contributed by atoms with Gasteiger partial charge in [0.1, 0.15) is 5.75 Å². The van der Waals surface area contributed by atoms with Crippen LogP contribution in [0.2, 0.25) is 5.02 Å². The van der Waals surface area contributed by atoms with Crippen molar-refractivity contribution in [1.82, 2.24) is 15.1 Å². The lowest BCUT2D eigenvalue weighted by molar-refractivity contribution is -0.152. The molecule has 0 aliphatic heterocycles. The van der Waals surface area contributed by atoms with Gasteiger partial charge in [-0.3, -0.25) is 0 Å². The molecule has 0 radical (unpaired) electrons. The average molecular weight is 524 g/mol. The molecule has 1 atom stereocenters. The van der Waals surface area contributed by atoms with Gasteiger partial charge in [0.2, 0.25) is 0 Å². The number of ether oxygens (including phenoxy) is 1. The third-order valence-electron chi connectivity index (χ3n) is 5.88. The normalized spacial score (nSPS) is 13.0. The lowest BCUT2D eigenvalue weighted by Gasteiger charge is -2.23. The van der Waals surface area contributed by atoms with Crippen LogP contribution in [0.25, 0.3) is 5.69 Å². The van der Waals surface area contributed by atoms with Crippen LogP contribution >= 0.6 is 11.6 Å². The summed E-state index contributed by atoms with van der Waals surface area (Å²) in [5, 5.41) is 17.2. The molecule has 36 heavy (non-hydrogen) atoms. The first kappa shape index (κ1) is 27.5. The van der Waals surface area contributed by atoms with Crippen LogP contribution in [-0.2, 0) is 23.8 Å². The van der Waals surface area contributed by atoms with E-state index in [4.69, 9.17) is 16.3 Å². The van der Waals surface area contributed by atoms with E-state index in [0.29, 0.717) is 30.5 Å². The highest BCUT2D eigenvalue weighted by atomic mass is 35.5. The Hall–Kier alpha value is -3.04. The van der Waals surface area contributed by atoms with Gasteiger partial charge in [-0.25, -0.2) is 9.48 Å². The van der Waals surface area contributed by atoms with E-state index < -0.39 is 23.3 Å². The van der Waals surface area contributed by atoms with E-state index in [2.05, 4.69) is 10.4 Å². The van der Waals surface area contributed by atoms with Crippen LogP contribution in [0.1, 0.15) is 55.6 Å². The molecule has 0 saturated carbocycles. The minimum absolute atomic E-state index is 0.205. The molecule has 3 rings (SSSR count). The number of carbonyl (C=O) groups is 1. The van der Waals surface area contributed by atoms with Gasteiger partial charge in [-0.05, 0) is 74.8 Å². The van der Waals surface area contributed by atoms with Crippen molar-refractivity contribution in [2.75, 3.05) is 7.05 Å². The van der Waals surface area contributed by atoms with Gasteiger partial charge in [-0.1, -0.05) is 31.0 Å². The number of nitrogens with one attached hydrogen (secondary N) is 1. The molecule has 194 valence electrons. The zero-order valence-electron chi connectivity index (χ0n) is 20.5. The fraction of sp³-hybridized carbons (Fsp3) is 0.385. The van der Waals surface area contributed by atoms with Crippen molar-refractivity contribution >= 4 is 17.6 Å². The van der Waals surface area contributed by atoms with Crippen LogP contribution in [0.15, 0.2) is 48.7 Å². The quantitative estimate of drug-likeness (QED) is 0.329. The predicted octanol–water partition coefficient (Wildman–Crippen LogP) is 6.24. The smallest absolute Gasteiger partial charge is 0.416 e. The first-order valence-corrected chi connectivity index (χ1v) is 11.9. The minimum atomic E-state index is -4.42. The molecule has 0 saturated heterocycles. The molecule has 6 nitrogen and oxygen atoms in total. The Kier molecular flexibility index (Phi) is 8.36. The topological polar surface area (TPSA) is 76.4 Å². The number of carboxylic acid groups (broad SMARTS) is 1. The molecule has 0 amide bonds. The number of hydrogen-bond acceptors (Lipinski definition) is 4. The third kappa shape index (κ3) is 6.20. The zero-order valence-corrected chi connectivity index (χ0v) is 21.2. The highest BCUT2D eigenvalue weighted by Gasteiger charge is 2.32. The Balaban J connectivity index is 1.90. The van der Waals surface area contributed by atoms with Gasteiger partial charge in [0.15, 0.2) is 5.60 Å². The Bertz CT molecular complexity index is 1220. The second kappa shape index (κ2) is 10.9. The summed E-state index contributed by atoms with van der Waals surface area (Å²) >= 11 is 6.40. The predicted molar refractivity (Wildman–Crippen MR) is 132 cm³/mol. The Morgan fingerprint density at radius 1 is 1.19 bits per heavy atom. The molecule has 1 heterocycles. The van der Waals surface area contributed by atoms with Gasteiger partial charge in [0.25, 0.3) is 0 Å². The summed E-state index contributed by atoms with van der Waals surface area (Å²) in [6, 6.07) is 10.5. The summed E-state index contributed by atoms with van der Waals surface area (Å²) in [6.45, 7) is 4.79. The summed E-state index contributed by atoms with van der Waals surface area (Å²) in [5.41, 5.74) is 0.686. The molecule has 0 bridgehead atoms. The van der Waals surface area contributed by atoms with E-state index in [-0.39, 0.29) is 16.8 Å². The highest BCUT2D eigenvalue weighted by Crippen LogP contribution is 2.34. The van der Waals surface area contributed by atoms with Crippen molar-refractivity contribution in [3.05, 3.63) is 76.1 Å². The van der Waals surface area contributed by atoms with Gasteiger partial charge < -0.3 is 15.2 Å². The number of carboxylic acids is 1. The first-order chi connectivity index (χ1) is 16.9. The summed E-state index contributed by atoms with van der Waals surface area (Å²) in [4.78, 5) is 11.4. The van der Waals surface area contributed by atoms with E-state index in [9.17, 15) is 23.1 Å². The molecular weight excluding hydrogens is 495 g/mol. The second-order valence-corrected chi connectivity index (χ2v) is 9.39. The van der Waals surface area contributed by atoms with Gasteiger partial charge in [0, 0.05) is 24.4 Å². The number of hydrogen-bond donors (Lipinski definition) is 2. The maximum Gasteiger partial charge on any atom is 0.416 e. The molecular formula is C26H29ClF3N3O3. The lowest BCUT2D eigenvalue weighted by atomic mass is 10.0. The van der Waals surface area contributed by atoms with Gasteiger partial charge in [-0.15, -0.1) is 0 Å². The number of aliphatic carboxylic acids is 1. The molecule has 3 aromatic rings. The van der Waals surface area contributed by atoms with Crippen LogP contribution in [0, 0.1) is 0 Å². The summed E-state index contributed by atoms with van der Waals surface area (Å²) < 4.78 is 47.1. The first-order valence-electron chi connectivity index (χ1n) is 11.5. The highest BCUT2D eigenvalue weighted by molar-refractivity contribution is 6.32. The summed E-state index contributed by atoms with van der Waals surface area (Å²) in [7, 11) is 1.79. The molecule has 0 aliphatic rings. The second-order valence-electron chi connectivity index (χ2n) is 8.98. The number of likely N-dealkylation sites (N-methyl/N-ethyl adjacent to an activating group) is 1. The van der Waals surface area contributed by atoms with E-state index in [0.717, 1.165) is 17.3 Å². The van der Waals surface area contributed by atoms with Crippen molar-refractivity contribution in [2.45, 2.75) is 57.9 Å². The van der Waals surface area contributed by atoms with Crippen LogP contribution in [-0.4, -0.2) is 33.5 Å². The lowest BCUT2D eigenvalue weighted by Crippen LogP contribution is -2.38. The van der Waals surface area contributed by atoms with Gasteiger partial charge in [0.05, 0.1) is 16.3 Å². The van der Waals surface area contributed by atoms with Crippen LogP contribution < -0.4 is 10.1 Å². The van der Waals surface area contributed by atoms with Crippen molar-refractivity contribution in [1.29, 1.82) is 0 Å². The molecule has 2 N–H and O–H groups in total. The van der Waals surface area contributed by atoms with Crippen molar-refractivity contribution in [3.8, 4) is 11.4 Å². The maximum absolute atomic E-state index is 13.3. The number of alkyl halides is 3. The van der Waals surface area contributed by atoms with Crippen molar-refractivity contribution < 1.29 is 27.8 Å². The summed E-state index contributed by atoms with van der Waals surface area (Å²) in [5.74, 6) is -0.864. The van der Waals surface area contributed by atoms with Gasteiger partial charge in [-0.2, -0.15) is 18.3 Å². The molecule has 0 aliphatic carbocycles. The van der Waals surface area contributed by atoms with E-state index in [1.165, 1.54) is 26.0 Å². The molecule has 1 aromatic heterocycles. The number of aryl methyl sites for hydroxylation is 1. The number of nitrogens with zero attached hydrogens (tertiary/aromatic N) is 2. The number of halogens is 4. The monoisotopic (exact) mass is 523 g/mol. The number of rotatable bonds is 10. The molecule has 10 heteroatoms. The minimum Gasteiger partial charge on any atom is -0.478 e. The Labute approximate surface area is 213 Å². The van der Waals surface area contributed by atoms with Crippen LogP contribution in [0.5, 0.6) is 5.75 Å². The van der Waals surface area contributed by atoms with Gasteiger partial charge >= 0.3 is 12.1 Å². The van der Waals surface area contributed by atoms with Crippen molar-refractivity contribution in [2.24, 2.45) is 0 Å². The molecule has 1 unspecified atom stereocenters. The average Bonchev–Trinajstić information content (AvgIpc) is 3.26. The van der Waals surface area contributed by atoms with Crippen LogP contribution in [0.3, 0.4) is 0 Å².